The van der Waals surface area contributed by atoms with E-state index in [4.69, 9.17) is 10.5 Å². The van der Waals surface area contributed by atoms with Crippen LogP contribution in [-0.2, 0) is 4.74 Å². The van der Waals surface area contributed by atoms with Crippen molar-refractivity contribution < 1.29 is 9.53 Å². The van der Waals surface area contributed by atoms with Gasteiger partial charge < -0.3 is 30.9 Å². The summed E-state index contributed by atoms with van der Waals surface area (Å²) in [5.41, 5.74) is 7.87. The Kier molecular flexibility index (Phi) is 7.55. The summed E-state index contributed by atoms with van der Waals surface area (Å²) < 4.78 is 5.17. The number of amides is 1. The summed E-state index contributed by atoms with van der Waals surface area (Å²) in [6.45, 7) is 5.80. The number of carbonyl (C=O) groups excluding carboxylic acids is 1. The molecule has 1 atom stereocenters. The average Bonchev–Trinajstić information content (AvgIpc) is 2.92. The molecule has 1 unspecified atom stereocenters. The highest BCUT2D eigenvalue weighted by molar-refractivity contribution is 6.09. The molecule has 0 aliphatic carbocycles. The van der Waals surface area contributed by atoms with Crippen LogP contribution in [0.2, 0.25) is 0 Å². The predicted molar refractivity (Wildman–Crippen MR) is 125 cm³/mol. The van der Waals surface area contributed by atoms with E-state index in [1.165, 1.54) is 6.20 Å². The summed E-state index contributed by atoms with van der Waals surface area (Å²) in [7, 11) is 1.90. The van der Waals surface area contributed by atoms with Crippen molar-refractivity contribution in [3.05, 3.63) is 52.8 Å². The first-order valence-electron chi connectivity index (χ1n) is 10.4. The Morgan fingerprint density at radius 1 is 1.38 bits per heavy atom. The second-order valence-electron chi connectivity index (χ2n) is 7.09. The Morgan fingerprint density at radius 2 is 2.19 bits per heavy atom. The van der Waals surface area contributed by atoms with Gasteiger partial charge in [0.15, 0.2) is 0 Å². The number of nitrogens with two attached hydrogens (primary N) is 1. The first-order valence-corrected chi connectivity index (χ1v) is 10.4. The fraction of sp³-hybridized carbons (Fsp3) is 0.381. The lowest BCUT2D eigenvalue weighted by molar-refractivity contribution is 0.0924. The van der Waals surface area contributed by atoms with Gasteiger partial charge in [-0.1, -0.05) is 6.07 Å². The molecule has 0 spiro atoms. The quantitative estimate of drug-likeness (QED) is 0.502. The number of rotatable bonds is 9. The number of nitrogens with zero attached hydrogens (tertiary/aromatic N) is 5. The molecule has 11 nitrogen and oxygen atoms in total. The van der Waals surface area contributed by atoms with Crippen molar-refractivity contribution in [2.24, 2.45) is 10.9 Å². The van der Waals surface area contributed by atoms with Gasteiger partial charge in [0, 0.05) is 57.1 Å². The Hall–Kier alpha value is -3.73. The maximum absolute atomic E-state index is 13.3. The van der Waals surface area contributed by atoms with Crippen LogP contribution in [0, 0.1) is 4.91 Å². The summed E-state index contributed by atoms with van der Waals surface area (Å²) >= 11 is 0. The minimum Gasteiger partial charge on any atom is -0.397 e. The number of nitrogens with one attached hydrogen (secondary N) is 2. The lowest BCUT2D eigenvalue weighted by Gasteiger charge is -2.21. The summed E-state index contributed by atoms with van der Waals surface area (Å²) in [6.07, 6.45) is 1.97. The molecule has 0 bridgehead atoms. The smallest absolute Gasteiger partial charge is 0.263 e. The maximum atomic E-state index is 13.3. The Morgan fingerprint density at radius 3 is 2.91 bits per heavy atom. The van der Waals surface area contributed by atoms with Crippen molar-refractivity contribution in [3.8, 4) is 0 Å². The van der Waals surface area contributed by atoms with Crippen molar-refractivity contribution in [1.82, 2.24) is 9.97 Å². The van der Waals surface area contributed by atoms with Crippen LogP contribution in [0.4, 0.5) is 23.1 Å². The van der Waals surface area contributed by atoms with Crippen molar-refractivity contribution in [2.45, 2.75) is 20.1 Å². The zero-order chi connectivity index (χ0) is 23.1. The maximum Gasteiger partial charge on any atom is 0.263 e. The van der Waals surface area contributed by atoms with Gasteiger partial charge in [-0.2, -0.15) is 4.98 Å². The lowest BCUT2D eigenvalue weighted by atomic mass is 10.2. The molecule has 32 heavy (non-hydrogen) atoms. The molecular formula is C21H28N8O3. The second kappa shape index (κ2) is 10.5. The minimum atomic E-state index is -1.05. The van der Waals surface area contributed by atoms with E-state index >= 15 is 0 Å². The third kappa shape index (κ3) is 5.11. The molecule has 11 heteroatoms. The third-order valence-corrected chi connectivity index (χ3v) is 4.87. The number of nitroso groups, excluding NO2 is 1. The molecule has 4 N–H and O–H groups in total. The highest BCUT2D eigenvalue weighted by atomic mass is 16.5. The largest absolute Gasteiger partial charge is 0.397 e. The van der Waals surface area contributed by atoms with Crippen LogP contribution >= 0.6 is 0 Å². The molecule has 170 valence electrons. The Balaban J connectivity index is 1.84. The zero-order valence-corrected chi connectivity index (χ0v) is 18.4. The number of ether oxygens (including phenoxy) is 1. The molecule has 1 aliphatic rings. The number of benzene rings is 1. The average molecular weight is 441 g/mol. The van der Waals surface area contributed by atoms with Crippen molar-refractivity contribution >= 4 is 29.0 Å². The monoisotopic (exact) mass is 440 g/mol. The SMILES string of the molecule is CCNc1ncc2c(n1)N(C)CCN(c1cccc(N/C=C(\N)C(N=O)OCC)c1)C2=O. The fourth-order valence-electron chi connectivity index (χ4n) is 3.25. The number of likely N-dealkylation sites (N-methyl/N-ethyl adjacent to an activating group) is 1. The van der Waals surface area contributed by atoms with Crippen molar-refractivity contribution in [3.63, 3.8) is 0 Å². The van der Waals surface area contributed by atoms with Crippen LogP contribution in [0.5, 0.6) is 0 Å². The molecular weight excluding hydrogens is 412 g/mol. The van der Waals surface area contributed by atoms with Crippen molar-refractivity contribution in [1.29, 1.82) is 0 Å². The van der Waals surface area contributed by atoms with Crippen LogP contribution in [-0.4, -0.2) is 55.4 Å². The van der Waals surface area contributed by atoms with Gasteiger partial charge in [-0.05, 0) is 37.2 Å². The molecule has 0 saturated heterocycles. The van der Waals surface area contributed by atoms with Gasteiger partial charge in [-0.3, -0.25) is 4.79 Å². The molecule has 0 saturated carbocycles. The molecule has 1 aromatic heterocycles. The van der Waals surface area contributed by atoms with Gasteiger partial charge in [0.05, 0.1) is 5.70 Å². The van der Waals surface area contributed by atoms with Gasteiger partial charge in [0.2, 0.25) is 12.2 Å². The number of hydrogen-bond donors (Lipinski definition) is 3. The second-order valence-corrected chi connectivity index (χ2v) is 7.09. The zero-order valence-electron chi connectivity index (χ0n) is 18.4. The molecule has 3 rings (SSSR count). The van der Waals surface area contributed by atoms with E-state index in [9.17, 15) is 9.70 Å². The van der Waals surface area contributed by atoms with Crippen LogP contribution in [0.25, 0.3) is 0 Å². The van der Waals surface area contributed by atoms with Gasteiger partial charge >= 0.3 is 0 Å². The van der Waals surface area contributed by atoms with Gasteiger partial charge in [-0.15, -0.1) is 4.91 Å². The fourth-order valence-corrected chi connectivity index (χ4v) is 3.25. The number of fused-ring (bicyclic) bond motifs is 1. The molecule has 0 radical (unpaired) electrons. The highest BCUT2D eigenvalue weighted by Crippen LogP contribution is 2.27. The number of anilines is 4. The number of aromatic nitrogens is 2. The minimum absolute atomic E-state index is 0.155. The number of hydrogen-bond acceptors (Lipinski definition) is 10. The summed E-state index contributed by atoms with van der Waals surface area (Å²) in [5, 5.41) is 8.97. The molecule has 2 aromatic rings. The van der Waals surface area contributed by atoms with Gasteiger partial charge in [0.25, 0.3) is 5.91 Å². The van der Waals surface area contributed by atoms with Crippen LogP contribution < -0.4 is 26.2 Å². The predicted octanol–water partition coefficient (Wildman–Crippen LogP) is 2.35. The van der Waals surface area contributed by atoms with Gasteiger partial charge in [0.1, 0.15) is 11.4 Å². The summed E-state index contributed by atoms with van der Waals surface area (Å²) in [5.74, 6) is 0.906. The summed E-state index contributed by atoms with van der Waals surface area (Å²) in [4.78, 5) is 36.6. The molecule has 1 aliphatic heterocycles. The lowest BCUT2D eigenvalue weighted by Crippen LogP contribution is -2.33. The normalized spacial score (nSPS) is 15.1. The van der Waals surface area contributed by atoms with E-state index in [-0.39, 0.29) is 11.6 Å². The van der Waals surface area contributed by atoms with Crippen LogP contribution in [0.15, 0.2) is 47.5 Å². The first-order chi connectivity index (χ1) is 15.5. The number of carbonyl (C=O) groups is 1. The third-order valence-electron chi connectivity index (χ3n) is 4.87. The standard InChI is InChI=1S/C21H28N8O3/c1-4-23-21-25-12-16-18(26-21)28(3)9-10-29(20(16)30)15-8-6-7-14(11-15)24-13-17(22)19(27-31)32-5-2/h6-8,11-13,19,24H,4-5,9-10,22H2,1-3H3,(H,23,25,26)/b17-13-. The Labute approximate surface area is 186 Å². The van der Waals surface area contributed by atoms with E-state index in [0.717, 1.165) is 0 Å². The molecule has 1 amide bonds. The Bertz CT molecular complexity index is 997. The van der Waals surface area contributed by atoms with Crippen molar-refractivity contribution in [2.75, 3.05) is 53.7 Å². The first kappa shape index (κ1) is 22.9. The van der Waals surface area contributed by atoms with E-state index < -0.39 is 6.23 Å². The van der Waals surface area contributed by atoms with E-state index in [0.29, 0.717) is 54.9 Å². The molecule has 2 heterocycles. The van der Waals surface area contributed by atoms with Crippen LogP contribution in [0.3, 0.4) is 0 Å². The molecule has 1 aromatic carbocycles. The van der Waals surface area contributed by atoms with E-state index in [1.807, 2.05) is 43.1 Å². The van der Waals surface area contributed by atoms with Crippen LogP contribution in [0.1, 0.15) is 24.2 Å². The van der Waals surface area contributed by atoms with Gasteiger partial charge in [-0.25, -0.2) is 4.98 Å². The molecule has 0 fully saturated rings. The van der Waals surface area contributed by atoms with E-state index in [1.54, 1.807) is 18.0 Å². The summed E-state index contributed by atoms with van der Waals surface area (Å²) in [6, 6.07) is 7.33. The van der Waals surface area contributed by atoms with E-state index in [2.05, 4.69) is 25.8 Å². The highest BCUT2D eigenvalue weighted by Gasteiger charge is 2.28. The topological polar surface area (TPSA) is 138 Å².